The van der Waals surface area contributed by atoms with E-state index in [1.807, 2.05) is 0 Å². The highest BCUT2D eigenvalue weighted by Crippen LogP contribution is 2.19. The van der Waals surface area contributed by atoms with E-state index in [9.17, 15) is 4.79 Å². The fourth-order valence-corrected chi connectivity index (χ4v) is 1.26. The zero-order valence-corrected chi connectivity index (χ0v) is 10.5. The zero-order valence-electron chi connectivity index (χ0n) is 9.79. The topological polar surface area (TPSA) is 39.2 Å². The molecule has 1 rings (SSSR count). The second kappa shape index (κ2) is 5.30. The molecular formula is C12H16ClNO2. The Morgan fingerprint density at radius 3 is 2.75 bits per heavy atom. The van der Waals surface area contributed by atoms with E-state index in [4.69, 9.17) is 16.3 Å². The molecule has 0 atom stereocenters. The maximum atomic E-state index is 11.6. The van der Waals surface area contributed by atoms with Crippen molar-refractivity contribution in [3.05, 3.63) is 29.0 Å². The van der Waals surface area contributed by atoms with Gasteiger partial charge in [0.1, 0.15) is 5.15 Å². The molecule has 0 saturated heterocycles. The van der Waals surface area contributed by atoms with Crippen molar-refractivity contribution in [2.24, 2.45) is 5.41 Å². The quantitative estimate of drug-likeness (QED) is 0.602. The van der Waals surface area contributed by atoms with Gasteiger partial charge in [-0.3, -0.25) is 0 Å². The Labute approximate surface area is 101 Å². The molecule has 1 aromatic heterocycles. The molecule has 0 bridgehead atoms. The molecule has 4 heteroatoms. The van der Waals surface area contributed by atoms with E-state index >= 15 is 0 Å². The van der Waals surface area contributed by atoms with Crippen LogP contribution in [0.15, 0.2) is 18.3 Å². The molecule has 0 saturated carbocycles. The molecule has 1 aromatic rings. The lowest BCUT2D eigenvalue weighted by Gasteiger charge is -2.17. The van der Waals surface area contributed by atoms with E-state index in [2.05, 4.69) is 25.8 Å². The fourth-order valence-electron chi connectivity index (χ4n) is 1.07. The summed E-state index contributed by atoms with van der Waals surface area (Å²) in [5.74, 6) is -0.414. The molecule has 0 aliphatic heterocycles. The number of hydrogen-bond acceptors (Lipinski definition) is 3. The Morgan fingerprint density at radius 2 is 2.19 bits per heavy atom. The Balaban J connectivity index is 2.51. The molecule has 0 aliphatic carbocycles. The lowest BCUT2D eigenvalue weighted by molar-refractivity contribution is 0.0464. The summed E-state index contributed by atoms with van der Waals surface area (Å²) in [5.41, 5.74) is 0.469. The van der Waals surface area contributed by atoms with Gasteiger partial charge in [-0.15, -0.1) is 0 Å². The van der Waals surface area contributed by atoms with Crippen molar-refractivity contribution in [2.45, 2.75) is 27.2 Å². The highest BCUT2D eigenvalue weighted by atomic mass is 35.5. The van der Waals surface area contributed by atoms with Crippen LogP contribution in [0.25, 0.3) is 0 Å². The first-order valence-electron chi connectivity index (χ1n) is 5.18. The van der Waals surface area contributed by atoms with Gasteiger partial charge in [0.15, 0.2) is 0 Å². The molecule has 0 unspecified atom stereocenters. The second-order valence-electron chi connectivity index (χ2n) is 4.79. The standard InChI is InChI=1S/C12H16ClNO2/c1-12(2,3)6-8-16-11(15)9-5-4-7-14-10(9)13/h4-5,7H,6,8H2,1-3H3. The van der Waals surface area contributed by atoms with Crippen molar-refractivity contribution in [2.75, 3.05) is 6.61 Å². The van der Waals surface area contributed by atoms with Crippen molar-refractivity contribution < 1.29 is 9.53 Å². The number of esters is 1. The molecule has 3 nitrogen and oxygen atoms in total. The molecule has 88 valence electrons. The van der Waals surface area contributed by atoms with Crippen LogP contribution >= 0.6 is 11.6 Å². The van der Waals surface area contributed by atoms with Crippen LogP contribution in [0.4, 0.5) is 0 Å². The van der Waals surface area contributed by atoms with Gasteiger partial charge < -0.3 is 4.74 Å². The third kappa shape index (κ3) is 4.19. The van der Waals surface area contributed by atoms with Crippen LogP contribution in [0.3, 0.4) is 0 Å². The van der Waals surface area contributed by atoms with E-state index in [-0.39, 0.29) is 10.6 Å². The summed E-state index contributed by atoms with van der Waals surface area (Å²) < 4.78 is 5.12. The SMILES string of the molecule is CC(C)(C)CCOC(=O)c1cccnc1Cl. The van der Waals surface area contributed by atoms with E-state index in [1.54, 1.807) is 12.1 Å². The Bertz CT molecular complexity index is 372. The van der Waals surface area contributed by atoms with Crippen molar-refractivity contribution in [1.82, 2.24) is 4.98 Å². The average molecular weight is 242 g/mol. The number of pyridine rings is 1. The first kappa shape index (κ1) is 13.0. The lowest BCUT2D eigenvalue weighted by Crippen LogP contribution is -2.13. The number of halogens is 1. The molecular weight excluding hydrogens is 226 g/mol. The number of aromatic nitrogens is 1. The largest absolute Gasteiger partial charge is 0.462 e. The number of ether oxygens (including phenoxy) is 1. The van der Waals surface area contributed by atoms with Crippen LogP contribution in [-0.2, 0) is 4.74 Å². The third-order valence-electron chi connectivity index (χ3n) is 2.06. The molecule has 16 heavy (non-hydrogen) atoms. The number of nitrogens with zero attached hydrogens (tertiary/aromatic N) is 1. The fraction of sp³-hybridized carbons (Fsp3) is 0.500. The van der Waals surface area contributed by atoms with Crippen molar-refractivity contribution >= 4 is 17.6 Å². The van der Waals surface area contributed by atoms with Gasteiger partial charge in [-0.2, -0.15) is 0 Å². The zero-order chi connectivity index (χ0) is 12.2. The summed E-state index contributed by atoms with van der Waals surface area (Å²) in [6.45, 7) is 6.68. The minimum Gasteiger partial charge on any atom is -0.462 e. The predicted octanol–water partition coefficient (Wildman–Crippen LogP) is 3.33. The summed E-state index contributed by atoms with van der Waals surface area (Å²) in [5, 5.41) is 0.184. The molecule has 0 spiro atoms. The maximum Gasteiger partial charge on any atom is 0.341 e. The van der Waals surface area contributed by atoms with Gasteiger partial charge in [0.05, 0.1) is 12.2 Å². The number of carbonyl (C=O) groups is 1. The molecule has 0 radical (unpaired) electrons. The monoisotopic (exact) mass is 241 g/mol. The molecule has 1 heterocycles. The van der Waals surface area contributed by atoms with Gasteiger partial charge in [-0.25, -0.2) is 9.78 Å². The first-order chi connectivity index (χ1) is 7.40. The number of rotatable bonds is 3. The summed E-state index contributed by atoms with van der Waals surface area (Å²) >= 11 is 5.78. The summed E-state index contributed by atoms with van der Waals surface area (Å²) in [7, 11) is 0. The van der Waals surface area contributed by atoms with E-state index in [0.717, 1.165) is 6.42 Å². The average Bonchev–Trinajstić information content (AvgIpc) is 2.16. The van der Waals surface area contributed by atoms with E-state index in [0.29, 0.717) is 12.2 Å². The smallest absolute Gasteiger partial charge is 0.341 e. The van der Waals surface area contributed by atoms with Gasteiger partial charge in [0, 0.05) is 6.20 Å². The molecule has 0 N–H and O–H groups in total. The molecule has 0 amide bonds. The van der Waals surface area contributed by atoms with Crippen LogP contribution in [-0.4, -0.2) is 17.6 Å². The first-order valence-corrected chi connectivity index (χ1v) is 5.55. The van der Waals surface area contributed by atoms with Crippen molar-refractivity contribution in [1.29, 1.82) is 0 Å². The molecule has 0 aliphatic rings. The normalized spacial score (nSPS) is 11.2. The van der Waals surface area contributed by atoms with Gasteiger partial charge in [-0.05, 0) is 24.0 Å². The van der Waals surface area contributed by atoms with Gasteiger partial charge >= 0.3 is 5.97 Å². The van der Waals surface area contributed by atoms with Gasteiger partial charge in [0.2, 0.25) is 0 Å². The maximum absolute atomic E-state index is 11.6. The Hall–Kier alpha value is -1.09. The van der Waals surface area contributed by atoms with Crippen LogP contribution in [0.2, 0.25) is 5.15 Å². The second-order valence-corrected chi connectivity index (χ2v) is 5.15. The summed E-state index contributed by atoms with van der Waals surface area (Å²) in [6, 6.07) is 3.26. The van der Waals surface area contributed by atoms with Gasteiger partial charge in [0.25, 0.3) is 0 Å². The highest BCUT2D eigenvalue weighted by molar-refractivity contribution is 6.32. The van der Waals surface area contributed by atoms with Gasteiger partial charge in [-0.1, -0.05) is 32.4 Å². The Morgan fingerprint density at radius 1 is 1.50 bits per heavy atom. The molecule has 0 aromatic carbocycles. The summed E-state index contributed by atoms with van der Waals surface area (Å²) in [6.07, 6.45) is 2.35. The number of hydrogen-bond donors (Lipinski definition) is 0. The van der Waals surface area contributed by atoms with Crippen molar-refractivity contribution in [3.8, 4) is 0 Å². The van der Waals surface area contributed by atoms with Crippen LogP contribution in [0.1, 0.15) is 37.6 Å². The lowest BCUT2D eigenvalue weighted by atomic mass is 9.93. The van der Waals surface area contributed by atoms with E-state index in [1.165, 1.54) is 6.20 Å². The highest BCUT2D eigenvalue weighted by Gasteiger charge is 2.14. The minimum atomic E-state index is -0.414. The van der Waals surface area contributed by atoms with E-state index < -0.39 is 5.97 Å². The number of carbonyl (C=O) groups excluding carboxylic acids is 1. The molecule has 0 fully saturated rings. The predicted molar refractivity (Wildman–Crippen MR) is 63.6 cm³/mol. The minimum absolute atomic E-state index is 0.152. The van der Waals surface area contributed by atoms with Crippen LogP contribution in [0, 0.1) is 5.41 Å². The third-order valence-corrected chi connectivity index (χ3v) is 2.37. The Kier molecular flexibility index (Phi) is 4.30. The van der Waals surface area contributed by atoms with Crippen LogP contribution < -0.4 is 0 Å². The van der Waals surface area contributed by atoms with Crippen molar-refractivity contribution in [3.63, 3.8) is 0 Å². The summed E-state index contributed by atoms with van der Waals surface area (Å²) in [4.78, 5) is 15.4. The van der Waals surface area contributed by atoms with Crippen LogP contribution in [0.5, 0.6) is 0 Å².